The summed E-state index contributed by atoms with van der Waals surface area (Å²) in [7, 11) is 0. The molecular weight excluding hydrogens is 370 g/mol. The van der Waals surface area contributed by atoms with Gasteiger partial charge in [-0.05, 0) is 56.6 Å². The first kappa shape index (κ1) is 21.3. The quantitative estimate of drug-likeness (QED) is 0.670. The van der Waals surface area contributed by atoms with E-state index in [1.807, 2.05) is 11.0 Å². The molecule has 1 heterocycles. The average Bonchev–Trinajstić information content (AvgIpc) is 2.77. The van der Waals surface area contributed by atoms with E-state index >= 15 is 0 Å². The highest BCUT2D eigenvalue weighted by Crippen LogP contribution is 2.27. The Kier molecular flexibility index (Phi) is 7.63. The molecule has 29 heavy (non-hydrogen) atoms. The Hall–Kier alpha value is -2.41. The smallest absolute Gasteiger partial charge is 0.251 e. The predicted molar refractivity (Wildman–Crippen MR) is 109 cm³/mol. The lowest BCUT2D eigenvalue weighted by Crippen LogP contribution is -2.47. The number of amides is 3. The van der Waals surface area contributed by atoms with Gasteiger partial charge in [0.2, 0.25) is 11.8 Å². The largest absolute Gasteiger partial charge is 0.393 e. The molecule has 3 amide bonds. The summed E-state index contributed by atoms with van der Waals surface area (Å²) in [6.07, 6.45) is 4.59. The predicted octanol–water partition coefficient (Wildman–Crippen LogP) is 1.32. The molecule has 3 N–H and O–H groups in total. The maximum Gasteiger partial charge on any atom is 0.251 e. The number of rotatable bonds is 6. The second kappa shape index (κ2) is 10.4. The van der Waals surface area contributed by atoms with Crippen molar-refractivity contribution in [2.24, 2.45) is 11.8 Å². The molecule has 1 aromatic carbocycles. The normalized spacial score (nSPS) is 24.6. The highest BCUT2D eigenvalue weighted by molar-refractivity contribution is 5.96. The van der Waals surface area contributed by atoms with E-state index in [9.17, 15) is 19.5 Å². The Morgan fingerprint density at radius 1 is 1.00 bits per heavy atom. The lowest BCUT2D eigenvalue weighted by atomic mass is 9.85. The van der Waals surface area contributed by atoms with Crippen LogP contribution in [0.4, 0.5) is 0 Å². The number of nitrogens with one attached hydrogen (secondary N) is 2. The first-order chi connectivity index (χ1) is 14.0. The van der Waals surface area contributed by atoms with E-state index < -0.39 is 0 Å². The van der Waals surface area contributed by atoms with E-state index in [0.29, 0.717) is 31.5 Å². The molecule has 1 saturated carbocycles. The zero-order chi connectivity index (χ0) is 20.6. The number of benzene rings is 1. The summed E-state index contributed by atoms with van der Waals surface area (Å²) >= 11 is 0. The third-order valence-electron chi connectivity index (χ3n) is 5.91. The van der Waals surface area contributed by atoms with Gasteiger partial charge in [0.05, 0.1) is 12.6 Å². The highest BCUT2D eigenvalue weighted by Gasteiger charge is 2.31. The van der Waals surface area contributed by atoms with E-state index in [-0.39, 0.29) is 42.2 Å². The van der Waals surface area contributed by atoms with Crippen molar-refractivity contribution in [1.82, 2.24) is 15.5 Å². The minimum Gasteiger partial charge on any atom is -0.393 e. The number of carbonyl (C=O) groups excluding carboxylic acids is 3. The van der Waals surface area contributed by atoms with E-state index in [2.05, 4.69) is 10.6 Å². The van der Waals surface area contributed by atoms with Crippen LogP contribution in [0.5, 0.6) is 0 Å². The molecule has 1 aliphatic carbocycles. The summed E-state index contributed by atoms with van der Waals surface area (Å²) in [5.74, 6) is -0.0366. The van der Waals surface area contributed by atoms with Crippen LogP contribution in [0, 0.1) is 11.8 Å². The zero-order valence-electron chi connectivity index (χ0n) is 16.8. The number of likely N-dealkylation sites (tertiary alicyclic amines) is 1. The molecule has 1 saturated heterocycles. The molecule has 1 aliphatic heterocycles. The number of piperidine rings is 1. The van der Waals surface area contributed by atoms with Crippen LogP contribution in [-0.4, -0.2) is 60.0 Å². The molecule has 0 radical (unpaired) electrons. The van der Waals surface area contributed by atoms with Crippen LogP contribution in [0.25, 0.3) is 0 Å². The third-order valence-corrected chi connectivity index (χ3v) is 5.91. The van der Waals surface area contributed by atoms with Crippen LogP contribution in [0.2, 0.25) is 0 Å². The van der Waals surface area contributed by atoms with Crippen LogP contribution in [0.15, 0.2) is 30.3 Å². The first-order valence-corrected chi connectivity index (χ1v) is 10.6. The van der Waals surface area contributed by atoms with Crippen LogP contribution < -0.4 is 10.6 Å². The number of hydrogen-bond donors (Lipinski definition) is 3. The molecule has 2 fully saturated rings. The van der Waals surface area contributed by atoms with Crippen LogP contribution in [0.3, 0.4) is 0 Å². The topological polar surface area (TPSA) is 98.7 Å². The van der Waals surface area contributed by atoms with Crippen LogP contribution in [0.1, 0.15) is 48.9 Å². The Labute approximate surface area is 171 Å². The Bertz CT molecular complexity index is 701. The van der Waals surface area contributed by atoms with Crippen molar-refractivity contribution in [3.8, 4) is 0 Å². The monoisotopic (exact) mass is 401 g/mol. The van der Waals surface area contributed by atoms with Crippen molar-refractivity contribution in [2.45, 2.75) is 44.6 Å². The van der Waals surface area contributed by atoms with Gasteiger partial charge in [0, 0.05) is 31.1 Å². The average molecular weight is 402 g/mol. The van der Waals surface area contributed by atoms with Crippen molar-refractivity contribution in [3.63, 3.8) is 0 Å². The number of carbonyl (C=O) groups is 3. The van der Waals surface area contributed by atoms with E-state index in [0.717, 1.165) is 32.2 Å². The highest BCUT2D eigenvalue weighted by atomic mass is 16.3. The number of aliphatic hydroxyl groups excluding tert-OH is 1. The fraction of sp³-hybridized carbons (Fsp3) is 0.591. The van der Waals surface area contributed by atoms with Gasteiger partial charge in [-0.2, -0.15) is 0 Å². The minimum atomic E-state index is -0.271. The molecule has 1 unspecified atom stereocenters. The van der Waals surface area contributed by atoms with Crippen molar-refractivity contribution in [3.05, 3.63) is 35.9 Å². The second-order valence-electron chi connectivity index (χ2n) is 8.15. The van der Waals surface area contributed by atoms with Gasteiger partial charge in [-0.1, -0.05) is 18.2 Å². The molecular formula is C22H31N3O4. The summed E-state index contributed by atoms with van der Waals surface area (Å²) in [5, 5.41) is 15.1. The molecule has 0 spiro atoms. The Morgan fingerprint density at radius 3 is 2.45 bits per heavy atom. The molecule has 2 aliphatic rings. The molecule has 0 aromatic heterocycles. The molecule has 7 heteroatoms. The number of aliphatic hydroxyl groups is 1. The standard InChI is InChI=1S/C22H31N3O4/c26-19-10-8-18(9-11-19)22(29)25-12-4-5-16(15-25)13-23-20(27)14-24-21(28)17-6-2-1-3-7-17/h1-3,6-7,16,18-19,26H,4-5,8-15H2,(H,23,27)(H,24,28). The van der Waals surface area contributed by atoms with Crippen molar-refractivity contribution in [1.29, 1.82) is 0 Å². The molecule has 1 atom stereocenters. The second-order valence-corrected chi connectivity index (χ2v) is 8.15. The van der Waals surface area contributed by atoms with Gasteiger partial charge < -0.3 is 20.6 Å². The SMILES string of the molecule is O=C(CNC(=O)c1ccccc1)NCC1CCCN(C(=O)C2CCC(O)CC2)C1. The molecule has 7 nitrogen and oxygen atoms in total. The maximum absolute atomic E-state index is 12.8. The lowest BCUT2D eigenvalue weighted by Gasteiger charge is -2.36. The van der Waals surface area contributed by atoms with E-state index in [1.54, 1.807) is 24.3 Å². The van der Waals surface area contributed by atoms with Gasteiger partial charge in [-0.15, -0.1) is 0 Å². The van der Waals surface area contributed by atoms with Crippen molar-refractivity contribution < 1.29 is 19.5 Å². The zero-order valence-corrected chi connectivity index (χ0v) is 16.8. The van der Waals surface area contributed by atoms with Gasteiger partial charge in [-0.25, -0.2) is 0 Å². The van der Waals surface area contributed by atoms with Crippen LogP contribution in [-0.2, 0) is 9.59 Å². The van der Waals surface area contributed by atoms with E-state index in [1.165, 1.54) is 0 Å². The van der Waals surface area contributed by atoms with Crippen LogP contribution >= 0.6 is 0 Å². The van der Waals surface area contributed by atoms with Gasteiger partial charge in [0.15, 0.2) is 0 Å². The lowest BCUT2D eigenvalue weighted by molar-refractivity contribution is -0.139. The van der Waals surface area contributed by atoms with Gasteiger partial charge >= 0.3 is 0 Å². The summed E-state index contributed by atoms with van der Waals surface area (Å²) < 4.78 is 0. The molecule has 1 aromatic rings. The van der Waals surface area contributed by atoms with Gasteiger partial charge in [0.25, 0.3) is 5.91 Å². The molecule has 158 valence electrons. The summed E-state index contributed by atoms with van der Waals surface area (Å²) in [6.45, 7) is 1.88. The Morgan fingerprint density at radius 2 is 1.72 bits per heavy atom. The van der Waals surface area contributed by atoms with Crippen molar-refractivity contribution >= 4 is 17.7 Å². The number of nitrogens with zero attached hydrogens (tertiary/aromatic N) is 1. The molecule has 0 bridgehead atoms. The molecule has 3 rings (SSSR count). The van der Waals surface area contributed by atoms with E-state index in [4.69, 9.17) is 0 Å². The maximum atomic E-state index is 12.8. The van der Waals surface area contributed by atoms with Gasteiger partial charge in [-0.3, -0.25) is 14.4 Å². The third kappa shape index (κ3) is 6.29. The summed E-state index contributed by atoms with van der Waals surface area (Å²) in [4.78, 5) is 38.8. The fourth-order valence-electron chi connectivity index (χ4n) is 4.19. The van der Waals surface area contributed by atoms with Crippen molar-refractivity contribution in [2.75, 3.05) is 26.2 Å². The number of hydrogen-bond acceptors (Lipinski definition) is 4. The minimum absolute atomic E-state index is 0.0277. The fourth-order valence-corrected chi connectivity index (χ4v) is 4.19. The first-order valence-electron chi connectivity index (χ1n) is 10.6. The van der Waals surface area contributed by atoms with Gasteiger partial charge in [0.1, 0.15) is 0 Å². The summed E-state index contributed by atoms with van der Waals surface area (Å²) in [5.41, 5.74) is 0.525. The Balaban J connectivity index is 1.38. The summed E-state index contributed by atoms with van der Waals surface area (Å²) in [6, 6.07) is 8.79.